The maximum Gasteiger partial charge on any atom is 0.0541 e. The maximum absolute atomic E-state index is 2.49. The van der Waals surface area contributed by atoms with Crippen molar-refractivity contribution in [1.82, 2.24) is 4.57 Å². The van der Waals surface area contributed by atoms with Crippen LogP contribution in [0.25, 0.3) is 113 Å². The first-order chi connectivity index (χ1) is 24.8. The van der Waals surface area contributed by atoms with E-state index in [9.17, 15) is 0 Å². The van der Waals surface area contributed by atoms with E-state index >= 15 is 0 Å². The number of nitrogens with zero attached hydrogens (tertiary/aromatic N) is 1. The highest BCUT2D eigenvalue weighted by atomic mass is 32.1. The molecule has 12 rings (SSSR count). The summed E-state index contributed by atoms with van der Waals surface area (Å²) in [5.74, 6) is 0. The monoisotopic (exact) mass is 649 g/mol. The first kappa shape index (κ1) is 26.7. The van der Waals surface area contributed by atoms with Crippen molar-refractivity contribution < 1.29 is 0 Å². The van der Waals surface area contributed by atoms with E-state index in [-0.39, 0.29) is 0 Å². The Morgan fingerprint density at radius 1 is 0.340 bits per heavy atom. The van der Waals surface area contributed by atoms with E-state index in [1.54, 1.807) is 0 Å². The predicted molar refractivity (Wildman–Crippen MR) is 218 cm³/mol. The molecule has 1 nitrogen and oxygen atoms in total. The number of hydrogen-bond donors (Lipinski definition) is 0. The Balaban J connectivity index is 1.20. The Morgan fingerprint density at radius 3 is 1.58 bits per heavy atom. The van der Waals surface area contributed by atoms with Gasteiger partial charge in [0.05, 0.1) is 11.0 Å². The van der Waals surface area contributed by atoms with E-state index in [2.05, 4.69) is 168 Å². The standard InChI is InChI=1S/C48H27NS/c1-3-13-33-31(11-1)37-18-10-19-38-32-12-2-4-14-34(32)42-27-29(26-41(33)47(42)46(37)38)49-43-21-7-5-15-35(43)40-25-28(23-24-44(40)49)30-17-9-20-39-36-16-6-8-22-45(36)50-48(30)39/h1-27H. The molecule has 0 aliphatic heterocycles. The highest BCUT2D eigenvalue weighted by Gasteiger charge is 2.20. The Kier molecular flexibility index (Phi) is 5.18. The molecule has 0 radical (unpaired) electrons. The van der Waals surface area contributed by atoms with Gasteiger partial charge in [-0.1, -0.05) is 127 Å². The molecule has 10 aromatic carbocycles. The Labute approximate surface area is 291 Å². The zero-order chi connectivity index (χ0) is 32.5. The number of rotatable bonds is 2. The largest absolute Gasteiger partial charge is 0.309 e. The molecule has 0 N–H and O–H groups in total. The van der Waals surface area contributed by atoms with Crippen molar-refractivity contribution >= 4 is 107 Å². The molecule has 0 spiro atoms. The smallest absolute Gasteiger partial charge is 0.0541 e. The number of fused-ring (bicyclic) bond motifs is 12. The fourth-order valence-electron chi connectivity index (χ4n) is 9.02. The van der Waals surface area contributed by atoms with Gasteiger partial charge in [0.15, 0.2) is 0 Å². The van der Waals surface area contributed by atoms with E-state index < -0.39 is 0 Å². The normalized spacial score (nSPS) is 12.4. The van der Waals surface area contributed by atoms with Crippen LogP contribution >= 0.6 is 11.3 Å². The third kappa shape index (κ3) is 3.41. The summed E-state index contributed by atoms with van der Waals surface area (Å²) in [5, 5.41) is 18.4. The van der Waals surface area contributed by atoms with E-state index in [1.807, 2.05) is 11.3 Å². The summed E-state index contributed by atoms with van der Waals surface area (Å²) in [5.41, 5.74) is 6.19. The molecule has 0 aliphatic rings. The van der Waals surface area contributed by atoms with Crippen LogP contribution in [0.5, 0.6) is 0 Å². The van der Waals surface area contributed by atoms with Crippen molar-refractivity contribution in [2.45, 2.75) is 0 Å². The van der Waals surface area contributed by atoms with Crippen LogP contribution in [-0.2, 0) is 0 Å². The number of benzene rings is 10. The average molecular weight is 650 g/mol. The van der Waals surface area contributed by atoms with Gasteiger partial charge in [-0.25, -0.2) is 0 Å². The first-order valence-electron chi connectivity index (χ1n) is 17.3. The van der Waals surface area contributed by atoms with Crippen LogP contribution in [0.3, 0.4) is 0 Å². The van der Waals surface area contributed by atoms with Gasteiger partial charge >= 0.3 is 0 Å². The lowest BCUT2D eigenvalue weighted by atomic mass is 9.86. The number of aromatic nitrogens is 1. The molecule has 0 atom stereocenters. The summed E-state index contributed by atoms with van der Waals surface area (Å²) in [6, 6.07) is 61.2. The third-order valence-electron chi connectivity index (χ3n) is 11.1. The summed E-state index contributed by atoms with van der Waals surface area (Å²) < 4.78 is 5.18. The van der Waals surface area contributed by atoms with Gasteiger partial charge in [-0.3, -0.25) is 0 Å². The molecular formula is C48H27NS. The van der Waals surface area contributed by atoms with E-state index in [0.29, 0.717) is 0 Å². The second-order valence-electron chi connectivity index (χ2n) is 13.6. The summed E-state index contributed by atoms with van der Waals surface area (Å²) in [6.07, 6.45) is 0. The second-order valence-corrected chi connectivity index (χ2v) is 14.7. The van der Waals surface area contributed by atoms with Crippen molar-refractivity contribution in [3.05, 3.63) is 164 Å². The lowest BCUT2D eigenvalue weighted by Gasteiger charge is -2.19. The van der Waals surface area contributed by atoms with Crippen LogP contribution in [0, 0.1) is 0 Å². The van der Waals surface area contributed by atoms with Gasteiger partial charge in [0, 0.05) is 36.6 Å². The summed E-state index contributed by atoms with van der Waals surface area (Å²) in [7, 11) is 0. The molecule has 12 aromatic rings. The van der Waals surface area contributed by atoms with Gasteiger partial charge in [0.25, 0.3) is 0 Å². The topological polar surface area (TPSA) is 4.93 Å². The summed E-state index contributed by atoms with van der Waals surface area (Å²) >= 11 is 1.89. The molecule has 0 unspecified atom stereocenters. The molecule has 50 heavy (non-hydrogen) atoms. The molecule has 230 valence electrons. The van der Waals surface area contributed by atoms with Crippen molar-refractivity contribution in [2.75, 3.05) is 0 Å². The molecule has 0 aliphatic carbocycles. The molecule has 2 heterocycles. The van der Waals surface area contributed by atoms with Crippen molar-refractivity contribution in [1.29, 1.82) is 0 Å². The molecule has 0 saturated heterocycles. The van der Waals surface area contributed by atoms with Crippen LogP contribution < -0.4 is 0 Å². The zero-order valence-corrected chi connectivity index (χ0v) is 27.8. The zero-order valence-electron chi connectivity index (χ0n) is 26.9. The van der Waals surface area contributed by atoms with Gasteiger partial charge in [0.2, 0.25) is 0 Å². The fraction of sp³-hybridized carbons (Fsp3) is 0. The van der Waals surface area contributed by atoms with Crippen LogP contribution in [0.4, 0.5) is 0 Å². The average Bonchev–Trinajstić information content (AvgIpc) is 3.73. The number of para-hydroxylation sites is 1. The Bertz CT molecular complexity index is 3270. The SMILES string of the molecule is c1ccc2c(c1)sc1c(-c3ccc4c(c3)c3ccccc3n4-c3cc4c5ccccc5c5cccc6c7ccccc7c(c3)c4c56)cccc12. The molecule has 2 aromatic heterocycles. The lowest BCUT2D eigenvalue weighted by Crippen LogP contribution is -1.96. The van der Waals surface area contributed by atoms with Crippen LogP contribution in [0.1, 0.15) is 0 Å². The van der Waals surface area contributed by atoms with Gasteiger partial charge in [0.1, 0.15) is 0 Å². The van der Waals surface area contributed by atoms with E-state index in [4.69, 9.17) is 0 Å². The molecule has 0 amide bonds. The van der Waals surface area contributed by atoms with Gasteiger partial charge in [-0.2, -0.15) is 0 Å². The highest BCUT2D eigenvalue weighted by molar-refractivity contribution is 7.26. The van der Waals surface area contributed by atoms with Crippen LogP contribution in [0.15, 0.2) is 164 Å². The van der Waals surface area contributed by atoms with E-state index in [1.165, 1.54) is 113 Å². The minimum Gasteiger partial charge on any atom is -0.309 e. The van der Waals surface area contributed by atoms with Crippen molar-refractivity contribution in [2.24, 2.45) is 0 Å². The van der Waals surface area contributed by atoms with Crippen molar-refractivity contribution in [3.63, 3.8) is 0 Å². The fourth-order valence-corrected chi connectivity index (χ4v) is 10.3. The first-order valence-corrected chi connectivity index (χ1v) is 18.1. The van der Waals surface area contributed by atoms with E-state index in [0.717, 1.165) is 0 Å². The summed E-state index contributed by atoms with van der Waals surface area (Å²) in [6.45, 7) is 0. The number of thiophene rings is 1. The summed E-state index contributed by atoms with van der Waals surface area (Å²) in [4.78, 5) is 0. The maximum atomic E-state index is 2.49. The predicted octanol–water partition coefficient (Wildman–Crippen LogP) is 14.0. The number of hydrogen-bond acceptors (Lipinski definition) is 1. The molecule has 2 heteroatoms. The molecular weight excluding hydrogens is 623 g/mol. The van der Waals surface area contributed by atoms with Gasteiger partial charge in [-0.15, -0.1) is 11.3 Å². The Morgan fingerprint density at radius 2 is 0.860 bits per heavy atom. The lowest BCUT2D eigenvalue weighted by molar-refractivity contribution is 1.19. The van der Waals surface area contributed by atoms with Crippen molar-refractivity contribution in [3.8, 4) is 16.8 Å². The quantitative estimate of drug-likeness (QED) is 0.130. The highest BCUT2D eigenvalue weighted by Crippen LogP contribution is 2.47. The minimum atomic E-state index is 1.19. The van der Waals surface area contributed by atoms with Crippen LogP contribution in [-0.4, -0.2) is 4.57 Å². The molecule has 0 saturated carbocycles. The Hall–Kier alpha value is -6.22. The van der Waals surface area contributed by atoms with Gasteiger partial charge < -0.3 is 4.57 Å². The van der Waals surface area contributed by atoms with Gasteiger partial charge in [-0.05, 0) is 101 Å². The minimum absolute atomic E-state index is 1.19. The molecule has 0 bridgehead atoms. The second kappa shape index (κ2) is 9.69. The van der Waals surface area contributed by atoms with Crippen LogP contribution in [0.2, 0.25) is 0 Å². The third-order valence-corrected chi connectivity index (χ3v) is 12.3. The molecule has 0 fully saturated rings.